The fraction of sp³-hybridized carbons (Fsp3) is 0.558. The number of allylic oxidation sites excluding steroid dienone is 4. The first-order chi connectivity index (χ1) is 29.5. The van der Waals surface area contributed by atoms with Crippen molar-refractivity contribution in [1.29, 1.82) is 0 Å². The van der Waals surface area contributed by atoms with Crippen molar-refractivity contribution < 1.29 is 55.1 Å². The van der Waals surface area contributed by atoms with E-state index in [1.54, 1.807) is 0 Å². The number of hydrogen-bond donors (Lipinski definition) is 8. The molecule has 342 valence electrons. The Morgan fingerprint density at radius 3 is 2.17 bits per heavy atom. The molecule has 9 atom stereocenters. The highest BCUT2D eigenvalue weighted by atomic mass is 16.6. The number of carbonyl (C=O) groups is 1. The van der Waals surface area contributed by atoms with Gasteiger partial charge in [-0.05, 0) is 142 Å². The lowest BCUT2D eigenvalue weighted by molar-refractivity contribution is -0.0962. The maximum atomic E-state index is 12.7. The number of benzene rings is 3. The second kappa shape index (κ2) is 16.8. The Kier molecular flexibility index (Phi) is 12.3. The highest BCUT2D eigenvalue weighted by molar-refractivity contribution is 5.91. The van der Waals surface area contributed by atoms with Gasteiger partial charge in [0.05, 0.1) is 11.7 Å². The number of esters is 1. The van der Waals surface area contributed by atoms with Crippen molar-refractivity contribution >= 4 is 5.97 Å². The van der Waals surface area contributed by atoms with Crippen LogP contribution in [0.5, 0.6) is 46.0 Å². The average molecular weight is 869 g/mol. The van der Waals surface area contributed by atoms with Gasteiger partial charge in [0.1, 0.15) is 23.4 Å². The van der Waals surface area contributed by atoms with Gasteiger partial charge >= 0.3 is 5.97 Å². The van der Waals surface area contributed by atoms with Crippen LogP contribution in [0.3, 0.4) is 0 Å². The Morgan fingerprint density at radius 2 is 1.51 bits per heavy atom. The number of aromatic hydroxyl groups is 7. The molecule has 5 aliphatic rings. The number of aliphatic hydroxyl groups is 1. The van der Waals surface area contributed by atoms with Gasteiger partial charge < -0.3 is 50.3 Å². The van der Waals surface area contributed by atoms with Crippen LogP contribution in [0.15, 0.2) is 65.3 Å². The van der Waals surface area contributed by atoms with Crippen molar-refractivity contribution in [2.45, 2.75) is 144 Å². The maximum Gasteiger partial charge on any atom is 0.338 e. The first kappa shape index (κ1) is 46.0. The van der Waals surface area contributed by atoms with Gasteiger partial charge in [-0.1, -0.05) is 70.4 Å². The molecule has 3 aromatic carbocycles. The van der Waals surface area contributed by atoms with Gasteiger partial charge in [0.2, 0.25) is 0 Å². The van der Waals surface area contributed by atoms with Gasteiger partial charge in [-0.15, -0.1) is 0 Å². The molecule has 3 aromatic rings. The first-order valence-corrected chi connectivity index (χ1v) is 22.8. The van der Waals surface area contributed by atoms with Crippen molar-refractivity contribution in [3.05, 3.63) is 82.0 Å². The molecule has 9 unspecified atom stereocenters. The summed E-state index contributed by atoms with van der Waals surface area (Å²) in [5.74, 6) is -2.11. The summed E-state index contributed by atoms with van der Waals surface area (Å²) in [5, 5.41) is 79.1. The quantitative estimate of drug-likeness (QED) is 0.0639. The predicted octanol–water partition coefficient (Wildman–Crippen LogP) is 11.0. The van der Waals surface area contributed by atoms with Gasteiger partial charge in [-0.25, -0.2) is 4.79 Å². The summed E-state index contributed by atoms with van der Waals surface area (Å²) in [4.78, 5) is 12.7. The minimum absolute atomic E-state index is 0.0461. The van der Waals surface area contributed by atoms with Crippen molar-refractivity contribution in [2.75, 3.05) is 0 Å². The molecule has 4 aliphatic carbocycles. The number of fused-ring (bicyclic) bond motifs is 5. The monoisotopic (exact) mass is 868 g/mol. The van der Waals surface area contributed by atoms with E-state index in [0.29, 0.717) is 27.7 Å². The van der Waals surface area contributed by atoms with E-state index < -0.39 is 41.2 Å². The van der Waals surface area contributed by atoms with Crippen LogP contribution in [0, 0.1) is 39.4 Å². The normalized spacial score (nSPS) is 30.8. The van der Waals surface area contributed by atoms with E-state index in [9.17, 15) is 45.6 Å². The van der Waals surface area contributed by atoms with E-state index in [1.807, 2.05) is 11.1 Å². The smallest absolute Gasteiger partial charge is 0.338 e. The summed E-state index contributed by atoms with van der Waals surface area (Å²) in [5.41, 5.74) is 6.73. The Morgan fingerprint density at radius 1 is 0.810 bits per heavy atom. The van der Waals surface area contributed by atoms with Gasteiger partial charge in [0, 0.05) is 29.7 Å². The van der Waals surface area contributed by atoms with Crippen LogP contribution in [-0.2, 0) is 11.2 Å². The van der Waals surface area contributed by atoms with Crippen LogP contribution in [0.2, 0.25) is 0 Å². The van der Waals surface area contributed by atoms with Gasteiger partial charge in [0.25, 0.3) is 0 Å². The number of ether oxygens (including phenoxy) is 2. The van der Waals surface area contributed by atoms with Crippen LogP contribution < -0.4 is 4.74 Å². The zero-order valence-electron chi connectivity index (χ0n) is 38.2. The molecule has 0 saturated heterocycles. The lowest BCUT2D eigenvalue weighted by Gasteiger charge is -2.62. The number of hydrogen-bond acceptors (Lipinski definition) is 11. The third-order valence-corrected chi connectivity index (χ3v) is 16.7. The highest BCUT2D eigenvalue weighted by Crippen LogP contribution is 2.72. The van der Waals surface area contributed by atoms with E-state index in [0.717, 1.165) is 36.5 Å². The fourth-order valence-corrected chi connectivity index (χ4v) is 12.9. The molecule has 0 amide bonds. The summed E-state index contributed by atoms with van der Waals surface area (Å²) in [6.45, 7) is 19.6. The lowest BCUT2D eigenvalue weighted by atomic mass is 9.43. The molecule has 0 aromatic heterocycles. The zero-order valence-corrected chi connectivity index (χ0v) is 38.2. The second-order valence-electron chi connectivity index (χ2n) is 20.8. The Balaban J connectivity index is 0.000000189. The molecule has 1 aliphatic heterocycles. The topological polar surface area (TPSA) is 197 Å². The molecular formula is C52H68O11. The fourth-order valence-electron chi connectivity index (χ4n) is 12.9. The van der Waals surface area contributed by atoms with Gasteiger partial charge in [0.15, 0.2) is 34.9 Å². The SMILES string of the molecule is CC(C)=CCCC(C)C1CCC2(C)C3=C(CCC12C)C1(C)CCC(O)C(C)(C)C1CC3.O=C(OC1Cc2c(O)cc(O)cc2OC1c1ccc(O)c(O)c1)c1cc(O)c(O)c(O)c1. The molecule has 8 N–H and O–H groups in total. The minimum Gasteiger partial charge on any atom is -0.508 e. The van der Waals surface area contributed by atoms with Crippen LogP contribution in [0.1, 0.15) is 147 Å². The van der Waals surface area contributed by atoms with Crippen LogP contribution in [-0.4, -0.2) is 59.0 Å². The summed E-state index contributed by atoms with van der Waals surface area (Å²) in [6, 6.07) is 8.07. The van der Waals surface area contributed by atoms with E-state index in [4.69, 9.17) is 9.47 Å². The van der Waals surface area contributed by atoms with E-state index >= 15 is 0 Å². The van der Waals surface area contributed by atoms with Crippen LogP contribution in [0.4, 0.5) is 0 Å². The number of phenolic OH excluding ortho intramolecular Hbond substituents is 7. The Bertz CT molecular complexity index is 2280. The molecule has 0 radical (unpaired) electrons. The van der Waals surface area contributed by atoms with E-state index in [-0.39, 0.29) is 52.1 Å². The van der Waals surface area contributed by atoms with E-state index in [1.165, 1.54) is 87.6 Å². The molecule has 0 bridgehead atoms. The second-order valence-corrected chi connectivity index (χ2v) is 20.8. The molecular weight excluding hydrogens is 801 g/mol. The largest absolute Gasteiger partial charge is 0.508 e. The third kappa shape index (κ3) is 8.08. The lowest BCUT2D eigenvalue weighted by Crippen LogP contribution is -2.55. The summed E-state index contributed by atoms with van der Waals surface area (Å²) in [7, 11) is 0. The average Bonchev–Trinajstić information content (AvgIpc) is 3.50. The Hall–Kier alpha value is -5.03. The zero-order chi connectivity index (χ0) is 46.0. The van der Waals surface area contributed by atoms with Crippen molar-refractivity contribution in [3.63, 3.8) is 0 Å². The molecule has 0 spiro atoms. The highest BCUT2D eigenvalue weighted by Gasteiger charge is 2.63. The summed E-state index contributed by atoms with van der Waals surface area (Å²) >= 11 is 0. The molecule has 11 nitrogen and oxygen atoms in total. The van der Waals surface area contributed by atoms with Gasteiger partial charge in [-0.2, -0.15) is 0 Å². The Labute approximate surface area is 371 Å². The van der Waals surface area contributed by atoms with Crippen molar-refractivity contribution in [1.82, 2.24) is 0 Å². The molecule has 11 heteroatoms. The summed E-state index contributed by atoms with van der Waals surface area (Å²) < 4.78 is 11.4. The van der Waals surface area contributed by atoms with E-state index in [2.05, 4.69) is 61.5 Å². The van der Waals surface area contributed by atoms with Crippen LogP contribution in [0.25, 0.3) is 0 Å². The van der Waals surface area contributed by atoms with Crippen molar-refractivity contribution in [3.8, 4) is 46.0 Å². The molecule has 63 heavy (non-hydrogen) atoms. The van der Waals surface area contributed by atoms with Crippen molar-refractivity contribution in [2.24, 2.45) is 39.4 Å². The van der Waals surface area contributed by atoms with Gasteiger partial charge in [-0.3, -0.25) is 0 Å². The van der Waals surface area contributed by atoms with Crippen LogP contribution >= 0.6 is 0 Å². The molecule has 2 saturated carbocycles. The third-order valence-electron chi connectivity index (χ3n) is 16.7. The molecule has 2 fully saturated rings. The number of carbonyl (C=O) groups excluding carboxylic acids is 1. The number of aliphatic hydroxyl groups excluding tert-OH is 1. The standard InChI is InChI=1S/C30H50O.C22H18O10/c1-20(2)10-9-11-21(3)22-14-18-30(8)24-12-13-25-27(4,5)26(31)16-17-28(25,6)23(24)15-19-29(22,30)7;23-11-6-14(25)12-8-19(32-22(30)10-4-16(27)20(29)17(28)5-10)21(31-18(12)7-11)9-1-2-13(24)15(26)3-9/h10,21-22,25-26,31H,9,11-19H2,1-8H3;1-7,19,21,23-29H,8H2. The molecule has 8 rings (SSSR count). The minimum atomic E-state index is -1.06. The predicted molar refractivity (Wildman–Crippen MR) is 240 cm³/mol. The summed E-state index contributed by atoms with van der Waals surface area (Å²) in [6.07, 6.45) is 13.0. The first-order valence-electron chi connectivity index (χ1n) is 22.8. The molecule has 1 heterocycles. The maximum absolute atomic E-state index is 12.7. The number of rotatable bonds is 7. The number of phenols is 7.